The quantitative estimate of drug-likeness (QED) is 0.929. The van der Waals surface area contributed by atoms with Gasteiger partial charge >= 0.3 is 0 Å². The predicted octanol–water partition coefficient (Wildman–Crippen LogP) is 2.81. The van der Waals surface area contributed by atoms with Crippen molar-refractivity contribution in [1.82, 2.24) is 9.88 Å². The second-order valence-corrected chi connectivity index (χ2v) is 6.18. The summed E-state index contributed by atoms with van der Waals surface area (Å²) in [7, 11) is 0. The lowest BCUT2D eigenvalue weighted by molar-refractivity contribution is -0.0373. The van der Waals surface area contributed by atoms with Crippen molar-refractivity contribution in [2.45, 2.75) is 32.7 Å². The van der Waals surface area contributed by atoms with Gasteiger partial charge in [-0.3, -0.25) is 4.79 Å². The largest absolute Gasteiger partial charge is 0.377 e. The Morgan fingerprint density at radius 2 is 2.29 bits per heavy atom. The Labute approximate surface area is 130 Å². The fraction of sp³-hybridized carbons (Fsp3) is 0.600. The first-order valence-corrected chi connectivity index (χ1v) is 7.63. The van der Waals surface area contributed by atoms with E-state index in [1.165, 1.54) is 0 Å². The number of aromatic nitrogens is 1. The first-order chi connectivity index (χ1) is 9.95. The summed E-state index contributed by atoms with van der Waals surface area (Å²) in [5.41, 5.74) is -0.0551. The maximum absolute atomic E-state index is 12.8. The van der Waals surface area contributed by atoms with Crippen LogP contribution in [0.4, 0.5) is 5.82 Å². The number of amides is 1. The van der Waals surface area contributed by atoms with Crippen LogP contribution in [0.5, 0.6) is 0 Å². The van der Waals surface area contributed by atoms with E-state index in [1.54, 1.807) is 17.0 Å². The molecule has 0 saturated carbocycles. The molecule has 1 fully saturated rings. The van der Waals surface area contributed by atoms with Gasteiger partial charge in [-0.05, 0) is 32.4 Å². The van der Waals surface area contributed by atoms with Crippen molar-refractivity contribution in [3.05, 3.63) is 22.8 Å². The van der Waals surface area contributed by atoms with Gasteiger partial charge in [-0.25, -0.2) is 4.98 Å². The van der Waals surface area contributed by atoms with E-state index in [4.69, 9.17) is 16.3 Å². The summed E-state index contributed by atoms with van der Waals surface area (Å²) >= 11 is 6.17. The molecular formula is C15H22ClN3O2. The predicted molar refractivity (Wildman–Crippen MR) is 84.0 cm³/mol. The zero-order valence-corrected chi connectivity index (χ0v) is 13.5. The summed E-state index contributed by atoms with van der Waals surface area (Å²) in [5.74, 6) is 0.532. The molecule has 0 spiro atoms. The Hall–Kier alpha value is -1.33. The summed E-state index contributed by atoms with van der Waals surface area (Å²) < 4.78 is 5.45. The van der Waals surface area contributed by atoms with Crippen LogP contribution < -0.4 is 5.32 Å². The minimum Gasteiger partial charge on any atom is -0.377 e. The molecule has 6 heteroatoms. The van der Waals surface area contributed by atoms with Gasteiger partial charge in [0.15, 0.2) is 0 Å². The number of halogens is 1. The van der Waals surface area contributed by atoms with Crippen molar-refractivity contribution in [2.75, 3.05) is 31.6 Å². The highest BCUT2D eigenvalue weighted by molar-refractivity contribution is 6.33. The second kappa shape index (κ2) is 6.62. The van der Waals surface area contributed by atoms with Crippen molar-refractivity contribution >= 4 is 23.3 Å². The molecule has 0 unspecified atom stereocenters. The number of morpholine rings is 1. The van der Waals surface area contributed by atoms with E-state index in [0.717, 1.165) is 13.0 Å². The number of rotatable bonds is 4. The van der Waals surface area contributed by atoms with Gasteiger partial charge in [-0.1, -0.05) is 18.5 Å². The molecule has 1 amide bonds. The smallest absolute Gasteiger partial charge is 0.274 e. The monoisotopic (exact) mass is 311 g/mol. The highest BCUT2D eigenvalue weighted by atomic mass is 35.5. The molecule has 1 aromatic heterocycles. The van der Waals surface area contributed by atoms with E-state index in [1.807, 2.05) is 13.8 Å². The fourth-order valence-corrected chi connectivity index (χ4v) is 2.49. The third-order valence-electron chi connectivity index (χ3n) is 3.50. The van der Waals surface area contributed by atoms with Gasteiger partial charge < -0.3 is 15.0 Å². The Kier molecular flexibility index (Phi) is 5.06. The van der Waals surface area contributed by atoms with Crippen LogP contribution in [0.1, 0.15) is 37.7 Å². The molecule has 1 aliphatic heterocycles. The Balaban J connectivity index is 2.25. The minimum atomic E-state index is -0.354. The number of nitrogens with zero attached hydrogens (tertiary/aromatic N) is 2. The molecular weight excluding hydrogens is 290 g/mol. The molecule has 1 N–H and O–H groups in total. The molecule has 1 aliphatic rings. The van der Waals surface area contributed by atoms with Gasteiger partial charge in [-0.15, -0.1) is 0 Å². The number of ether oxygens (including phenoxy) is 1. The molecule has 5 nitrogen and oxygen atoms in total. The lowest BCUT2D eigenvalue weighted by atomic mass is 10.0. The van der Waals surface area contributed by atoms with Crippen molar-refractivity contribution in [1.29, 1.82) is 0 Å². The summed E-state index contributed by atoms with van der Waals surface area (Å²) in [6, 6.07) is 3.51. The van der Waals surface area contributed by atoms with Gasteiger partial charge in [0.1, 0.15) is 11.5 Å². The topological polar surface area (TPSA) is 54.5 Å². The van der Waals surface area contributed by atoms with Gasteiger partial charge in [-0.2, -0.15) is 0 Å². The maximum Gasteiger partial charge on any atom is 0.274 e. The lowest BCUT2D eigenvalue weighted by Gasteiger charge is -2.42. The van der Waals surface area contributed by atoms with Gasteiger partial charge in [0, 0.05) is 13.1 Å². The van der Waals surface area contributed by atoms with E-state index >= 15 is 0 Å². The number of pyridine rings is 1. The molecule has 116 valence electrons. The molecule has 2 rings (SSSR count). The number of hydrogen-bond donors (Lipinski definition) is 1. The molecule has 1 saturated heterocycles. The average molecular weight is 312 g/mol. The van der Waals surface area contributed by atoms with Crippen LogP contribution in [0, 0.1) is 0 Å². The van der Waals surface area contributed by atoms with E-state index in [-0.39, 0.29) is 11.4 Å². The number of hydrogen-bond acceptors (Lipinski definition) is 4. The van der Waals surface area contributed by atoms with Crippen molar-refractivity contribution in [3.63, 3.8) is 0 Å². The van der Waals surface area contributed by atoms with Crippen LogP contribution in [-0.2, 0) is 4.74 Å². The minimum absolute atomic E-state index is 0.145. The SMILES string of the molecule is CCCNc1ccc(Cl)c(C(=O)N2CCOCC2(C)C)n1. The Morgan fingerprint density at radius 3 is 2.95 bits per heavy atom. The first kappa shape index (κ1) is 16.0. The van der Waals surface area contributed by atoms with Crippen LogP contribution in [0.15, 0.2) is 12.1 Å². The molecule has 1 aromatic rings. The van der Waals surface area contributed by atoms with Crippen LogP contribution >= 0.6 is 11.6 Å². The molecule has 0 aliphatic carbocycles. The molecule has 0 bridgehead atoms. The van der Waals surface area contributed by atoms with Crippen molar-refractivity contribution in [2.24, 2.45) is 0 Å². The van der Waals surface area contributed by atoms with Crippen LogP contribution in [0.2, 0.25) is 5.02 Å². The maximum atomic E-state index is 12.8. The Morgan fingerprint density at radius 1 is 1.52 bits per heavy atom. The fourth-order valence-electron chi connectivity index (χ4n) is 2.31. The number of carbonyl (C=O) groups is 1. The molecule has 0 radical (unpaired) electrons. The zero-order chi connectivity index (χ0) is 15.5. The van der Waals surface area contributed by atoms with Gasteiger partial charge in [0.25, 0.3) is 5.91 Å². The normalized spacial score (nSPS) is 17.6. The van der Waals surface area contributed by atoms with E-state index in [0.29, 0.717) is 36.3 Å². The van der Waals surface area contributed by atoms with E-state index in [2.05, 4.69) is 17.2 Å². The summed E-state index contributed by atoms with van der Waals surface area (Å²) in [5, 5.41) is 3.55. The number of carbonyl (C=O) groups excluding carboxylic acids is 1. The van der Waals surface area contributed by atoms with Crippen LogP contribution in [0.25, 0.3) is 0 Å². The van der Waals surface area contributed by atoms with Gasteiger partial charge in [0.2, 0.25) is 0 Å². The average Bonchev–Trinajstić information content (AvgIpc) is 2.45. The van der Waals surface area contributed by atoms with Crippen molar-refractivity contribution < 1.29 is 9.53 Å². The summed E-state index contributed by atoms with van der Waals surface area (Å²) in [4.78, 5) is 18.9. The van der Waals surface area contributed by atoms with Crippen LogP contribution in [-0.4, -0.2) is 47.6 Å². The number of anilines is 1. The molecule has 21 heavy (non-hydrogen) atoms. The summed E-state index contributed by atoms with van der Waals surface area (Å²) in [6.07, 6.45) is 0.990. The molecule has 0 atom stereocenters. The second-order valence-electron chi connectivity index (χ2n) is 5.78. The third kappa shape index (κ3) is 3.66. The van der Waals surface area contributed by atoms with Crippen LogP contribution in [0.3, 0.4) is 0 Å². The van der Waals surface area contributed by atoms with Crippen molar-refractivity contribution in [3.8, 4) is 0 Å². The zero-order valence-electron chi connectivity index (χ0n) is 12.8. The molecule has 0 aromatic carbocycles. The first-order valence-electron chi connectivity index (χ1n) is 7.26. The third-order valence-corrected chi connectivity index (χ3v) is 3.80. The lowest BCUT2D eigenvalue weighted by Crippen LogP contribution is -2.55. The summed E-state index contributed by atoms with van der Waals surface area (Å²) in [6.45, 7) is 8.46. The highest BCUT2D eigenvalue weighted by Gasteiger charge is 2.35. The molecule has 2 heterocycles. The van der Waals surface area contributed by atoms with E-state index < -0.39 is 0 Å². The number of nitrogens with one attached hydrogen (secondary N) is 1. The highest BCUT2D eigenvalue weighted by Crippen LogP contribution is 2.25. The van der Waals surface area contributed by atoms with E-state index in [9.17, 15) is 4.79 Å². The standard InChI is InChI=1S/C15H22ClN3O2/c1-4-7-17-12-6-5-11(16)13(18-12)14(20)19-8-9-21-10-15(19,2)3/h5-6H,4,7-10H2,1-3H3,(H,17,18). The van der Waals surface area contributed by atoms with Gasteiger partial charge in [0.05, 0.1) is 23.8 Å². The Bertz CT molecular complexity index is 520.